The van der Waals surface area contributed by atoms with Crippen LogP contribution >= 0.6 is 23.2 Å². The normalized spacial score (nSPS) is 17.0. The Morgan fingerprint density at radius 1 is 0.979 bits per heavy atom. The molecule has 0 spiro atoms. The van der Waals surface area contributed by atoms with Crippen molar-refractivity contribution in [3.8, 4) is 22.8 Å². The molecule has 4 aromatic rings. The lowest BCUT2D eigenvalue weighted by molar-refractivity contribution is -0.127. The summed E-state index contributed by atoms with van der Waals surface area (Å²) in [5, 5.41) is 13.6. The van der Waals surface area contributed by atoms with Gasteiger partial charge in [-0.1, -0.05) is 67.8 Å². The number of imidazole rings is 1. The molecule has 0 bridgehead atoms. The van der Waals surface area contributed by atoms with Crippen LogP contribution in [0.2, 0.25) is 10.0 Å². The molecule has 1 aliphatic carbocycles. The summed E-state index contributed by atoms with van der Waals surface area (Å²) >= 11 is 12.8. The Morgan fingerprint density at radius 3 is 2.28 bits per heavy atom. The highest BCUT2D eigenvalue weighted by Gasteiger charge is 2.29. The number of carbonyl (C=O) groups excluding carboxylic acids is 1. The van der Waals surface area contributed by atoms with Gasteiger partial charge in [-0.05, 0) is 105 Å². The minimum Gasteiger partial charge on any atom is -0.478 e. The van der Waals surface area contributed by atoms with Crippen LogP contribution in [0.4, 0.5) is 0 Å². The fraction of sp³-hybridized carbons (Fsp3) is 0.342. The van der Waals surface area contributed by atoms with Gasteiger partial charge in [-0.2, -0.15) is 0 Å². The molecule has 9 heteroatoms. The molecule has 1 fully saturated rings. The topological polar surface area (TPSA) is 93.5 Å². The lowest BCUT2D eigenvalue weighted by Gasteiger charge is -2.29. The Kier molecular flexibility index (Phi) is 11.8. The van der Waals surface area contributed by atoms with E-state index in [1.807, 2.05) is 36.5 Å². The summed E-state index contributed by atoms with van der Waals surface area (Å²) in [6.45, 7) is 4.92. The Labute approximate surface area is 286 Å². The molecule has 0 unspecified atom stereocenters. The van der Waals surface area contributed by atoms with E-state index < -0.39 is 12.0 Å². The number of amides is 1. The van der Waals surface area contributed by atoms with E-state index in [-0.39, 0.29) is 17.4 Å². The van der Waals surface area contributed by atoms with Crippen LogP contribution in [0.25, 0.3) is 11.3 Å². The van der Waals surface area contributed by atoms with Crippen molar-refractivity contribution < 1.29 is 19.4 Å². The highest BCUT2D eigenvalue weighted by molar-refractivity contribution is 6.36. The molecule has 47 heavy (non-hydrogen) atoms. The first-order chi connectivity index (χ1) is 22.7. The smallest absolute Gasteiger partial charge is 0.335 e. The number of benzene rings is 3. The van der Waals surface area contributed by atoms with Gasteiger partial charge in [0.05, 0.1) is 22.3 Å². The lowest BCUT2D eigenvalue weighted by Crippen LogP contribution is -2.37. The number of allylic oxidation sites excluding steroid dienone is 2. The van der Waals surface area contributed by atoms with Crippen molar-refractivity contribution in [3.05, 3.63) is 112 Å². The maximum Gasteiger partial charge on any atom is 0.335 e. The second kappa shape index (κ2) is 16.2. The highest BCUT2D eigenvalue weighted by Crippen LogP contribution is 2.34. The number of hydrogen-bond acceptors (Lipinski definition) is 4. The number of aromatic nitrogens is 2. The molecule has 0 radical (unpaired) electrons. The second-order valence-electron chi connectivity index (χ2n) is 12.1. The number of carboxylic acids is 1. The zero-order valence-corrected chi connectivity index (χ0v) is 28.3. The van der Waals surface area contributed by atoms with Crippen LogP contribution in [-0.2, 0) is 17.8 Å². The Hall–Kier alpha value is -4.07. The number of aromatic carboxylic acids is 1. The third-order valence-electron chi connectivity index (χ3n) is 8.84. The van der Waals surface area contributed by atoms with E-state index in [0.29, 0.717) is 46.1 Å². The molecule has 1 aromatic heterocycles. The summed E-state index contributed by atoms with van der Waals surface area (Å²) in [6, 6.07) is 19.0. The maximum absolute atomic E-state index is 13.8. The Balaban J connectivity index is 1.43. The number of nitrogens with zero attached hydrogens (tertiary/aromatic N) is 2. The maximum atomic E-state index is 13.8. The van der Waals surface area contributed by atoms with E-state index in [9.17, 15) is 9.59 Å². The Morgan fingerprint density at radius 2 is 1.66 bits per heavy atom. The quantitative estimate of drug-likeness (QED) is 0.138. The highest BCUT2D eigenvalue weighted by atomic mass is 35.5. The molecule has 1 aliphatic rings. The third kappa shape index (κ3) is 9.05. The SMILES string of the molecule is CCC=CCn1cc(-c2ccc(Cl)cc2Cl)nc1[C@H](Cc1ccc(Oc2ccc(C(=O)O)cc2)cc1)NC(=O)[C@H]1CC[C@H](CC)CC1. The van der Waals surface area contributed by atoms with Crippen molar-refractivity contribution in [3.63, 3.8) is 0 Å². The first-order valence-electron chi connectivity index (χ1n) is 16.3. The summed E-state index contributed by atoms with van der Waals surface area (Å²) in [4.78, 5) is 30.0. The van der Waals surface area contributed by atoms with Crippen LogP contribution in [-0.4, -0.2) is 26.5 Å². The predicted molar refractivity (Wildman–Crippen MR) is 187 cm³/mol. The summed E-state index contributed by atoms with van der Waals surface area (Å²) in [7, 11) is 0. The zero-order valence-electron chi connectivity index (χ0n) is 26.8. The molecule has 5 rings (SSSR count). The van der Waals surface area contributed by atoms with Crippen LogP contribution in [0, 0.1) is 11.8 Å². The van der Waals surface area contributed by atoms with E-state index in [1.165, 1.54) is 12.1 Å². The number of nitrogens with one attached hydrogen (secondary N) is 1. The Bertz CT molecular complexity index is 1690. The first kappa shape index (κ1) is 34.3. The van der Waals surface area contributed by atoms with E-state index in [0.717, 1.165) is 55.5 Å². The number of rotatable bonds is 13. The zero-order chi connectivity index (χ0) is 33.3. The van der Waals surface area contributed by atoms with Crippen molar-refractivity contribution >= 4 is 35.1 Å². The molecule has 246 valence electrons. The number of ether oxygens (including phenoxy) is 1. The average molecular weight is 675 g/mol. The van der Waals surface area contributed by atoms with Crippen LogP contribution in [0.15, 0.2) is 85.1 Å². The number of hydrogen-bond donors (Lipinski definition) is 2. The van der Waals surface area contributed by atoms with Crippen molar-refractivity contribution in [1.82, 2.24) is 14.9 Å². The average Bonchev–Trinajstić information content (AvgIpc) is 3.49. The molecule has 3 aromatic carbocycles. The van der Waals surface area contributed by atoms with Gasteiger partial charge in [-0.3, -0.25) is 4.79 Å². The molecule has 2 N–H and O–H groups in total. The van der Waals surface area contributed by atoms with Gasteiger partial charge in [-0.15, -0.1) is 0 Å². The van der Waals surface area contributed by atoms with Crippen molar-refractivity contribution in [1.29, 1.82) is 0 Å². The van der Waals surface area contributed by atoms with E-state index in [1.54, 1.807) is 24.3 Å². The third-order valence-corrected chi connectivity index (χ3v) is 9.39. The molecular weight excluding hydrogens is 633 g/mol. The molecular formula is C38H41Cl2N3O4. The minimum absolute atomic E-state index is 0.0165. The van der Waals surface area contributed by atoms with Crippen LogP contribution in [0.5, 0.6) is 11.5 Å². The molecule has 1 atom stereocenters. The fourth-order valence-corrected chi connectivity index (χ4v) is 6.60. The van der Waals surface area contributed by atoms with Crippen molar-refractivity contribution in [2.45, 2.75) is 71.4 Å². The van der Waals surface area contributed by atoms with Crippen LogP contribution < -0.4 is 10.1 Å². The molecule has 0 saturated heterocycles. The van der Waals surface area contributed by atoms with Gasteiger partial charge in [0.25, 0.3) is 0 Å². The van der Waals surface area contributed by atoms with Crippen LogP contribution in [0.1, 0.15) is 80.2 Å². The number of carboxylic acid groups (broad SMARTS) is 1. The lowest BCUT2D eigenvalue weighted by atomic mass is 9.80. The van der Waals surface area contributed by atoms with Crippen molar-refractivity contribution in [2.75, 3.05) is 0 Å². The predicted octanol–water partition coefficient (Wildman–Crippen LogP) is 9.93. The standard InChI is InChI=1S/C38H41Cl2N3O4/c1-3-5-6-21-43-24-35(32-20-15-29(39)23-33(32)40)41-36(43)34(42-37(44)27-11-7-25(4-2)8-12-27)22-26-9-16-30(17-10-26)47-31-18-13-28(14-19-31)38(45)46/h5-6,9-10,13-20,23-25,27,34H,3-4,7-8,11-12,21-22H2,1-2H3,(H,42,44)(H,45,46)/t25-,27-,34-/m0/s1. The summed E-state index contributed by atoms with van der Waals surface area (Å²) in [5.74, 6) is 1.68. The van der Waals surface area contributed by atoms with Gasteiger partial charge in [0.2, 0.25) is 5.91 Å². The van der Waals surface area contributed by atoms with Gasteiger partial charge in [0.1, 0.15) is 17.3 Å². The number of halogens is 2. The molecule has 1 heterocycles. The summed E-state index contributed by atoms with van der Waals surface area (Å²) in [5.41, 5.74) is 2.69. The van der Waals surface area contributed by atoms with E-state index in [4.69, 9.17) is 38.0 Å². The van der Waals surface area contributed by atoms with Gasteiger partial charge < -0.3 is 19.7 Å². The van der Waals surface area contributed by atoms with Gasteiger partial charge in [-0.25, -0.2) is 9.78 Å². The van der Waals surface area contributed by atoms with Crippen molar-refractivity contribution in [2.24, 2.45) is 11.8 Å². The summed E-state index contributed by atoms with van der Waals surface area (Å²) < 4.78 is 8.04. The van der Waals surface area contributed by atoms with E-state index >= 15 is 0 Å². The van der Waals surface area contributed by atoms with E-state index in [2.05, 4.69) is 35.9 Å². The van der Waals surface area contributed by atoms with Gasteiger partial charge >= 0.3 is 5.97 Å². The van der Waals surface area contributed by atoms with Crippen LogP contribution in [0.3, 0.4) is 0 Å². The first-order valence-corrected chi connectivity index (χ1v) is 17.1. The monoisotopic (exact) mass is 673 g/mol. The molecule has 1 amide bonds. The largest absolute Gasteiger partial charge is 0.478 e. The number of carbonyl (C=O) groups is 2. The van der Waals surface area contributed by atoms with Gasteiger partial charge in [0.15, 0.2) is 0 Å². The molecule has 7 nitrogen and oxygen atoms in total. The summed E-state index contributed by atoms with van der Waals surface area (Å²) in [6.07, 6.45) is 12.8. The molecule has 1 saturated carbocycles. The minimum atomic E-state index is -0.985. The second-order valence-corrected chi connectivity index (χ2v) is 13.0. The molecule has 0 aliphatic heterocycles. The fourth-order valence-electron chi connectivity index (χ4n) is 6.10. The van der Waals surface area contributed by atoms with Gasteiger partial charge in [0, 0.05) is 29.2 Å².